The van der Waals surface area contributed by atoms with Gasteiger partial charge in [0, 0.05) is 23.7 Å². The Balaban J connectivity index is 2.12. The van der Waals surface area contributed by atoms with Crippen LogP contribution in [0.4, 0.5) is 5.69 Å². The highest BCUT2D eigenvalue weighted by molar-refractivity contribution is 7.98. The summed E-state index contributed by atoms with van der Waals surface area (Å²) in [6.45, 7) is 1.34. The van der Waals surface area contributed by atoms with Crippen molar-refractivity contribution in [3.63, 3.8) is 0 Å². The first kappa shape index (κ1) is 13.4. The number of aliphatic hydroxyl groups excluding tert-OH is 1. The maximum Gasteiger partial charge on any atom is 0.0431 e. The second-order valence-electron chi connectivity index (χ2n) is 3.79. The van der Waals surface area contributed by atoms with Crippen molar-refractivity contribution in [2.75, 3.05) is 24.7 Å². The number of unbranched alkanes of at least 4 members (excludes halogenated alkanes) is 3. The molecule has 2 nitrogen and oxygen atoms in total. The Bertz CT molecular complexity index is 274. The molecule has 0 aliphatic carbocycles. The van der Waals surface area contributed by atoms with E-state index in [1.54, 1.807) is 11.8 Å². The molecule has 3 heteroatoms. The second-order valence-corrected chi connectivity index (χ2v) is 4.67. The Morgan fingerprint density at radius 1 is 1.06 bits per heavy atom. The predicted octanol–water partition coefficient (Wildman–Crippen LogP) is 3.37. The van der Waals surface area contributed by atoms with E-state index < -0.39 is 0 Å². The molecule has 0 unspecified atom stereocenters. The fraction of sp³-hybridized carbons (Fsp3) is 0.538. The molecule has 2 N–H and O–H groups in total. The molecule has 0 amide bonds. The van der Waals surface area contributed by atoms with E-state index in [1.807, 2.05) is 0 Å². The molecular weight excluding hydrogens is 218 g/mol. The molecule has 0 aliphatic rings. The standard InChI is InChI=1S/C13H21NOS/c1-16-13-8-6-12(7-9-13)14-10-4-2-3-5-11-15/h6-9,14-15H,2-5,10-11H2,1H3. The van der Waals surface area contributed by atoms with Gasteiger partial charge in [-0.3, -0.25) is 0 Å². The van der Waals surface area contributed by atoms with Crippen LogP contribution in [0, 0.1) is 0 Å². The van der Waals surface area contributed by atoms with E-state index in [1.165, 1.54) is 23.4 Å². The van der Waals surface area contributed by atoms with Gasteiger partial charge in [-0.05, 0) is 43.4 Å². The molecule has 0 saturated heterocycles. The fourth-order valence-electron chi connectivity index (χ4n) is 1.53. The number of rotatable bonds is 8. The number of anilines is 1. The van der Waals surface area contributed by atoms with Crippen molar-refractivity contribution in [3.05, 3.63) is 24.3 Å². The summed E-state index contributed by atoms with van der Waals surface area (Å²) in [6, 6.07) is 8.52. The van der Waals surface area contributed by atoms with Crippen LogP contribution in [0.3, 0.4) is 0 Å². The molecule has 0 atom stereocenters. The second kappa shape index (κ2) is 8.48. The van der Waals surface area contributed by atoms with E-state index in [2.05, 4.69) is 35.8 Å². The Hall–Kier alpha value is -0.670. The molecule has 0 fully saturated rings. The summed E-state index contributed by atoms with van der Waals surface area (Å²) in [5, 5.41) is 12.0. The van der Waals surface area contributed by atoms with Crippen LogP contribution >= 0.6 is 11.8 Å². The van der Waals surface area contributed by atoms with Crippen LogP contribution in [-0.4, -0.2) is 24.5 Å². The highest BCUT2D eigenvalue weighted by atomic mass is 32.2. The van der Waals surface area contributed by atoms with Crippen LogP contribution in [0.2, 0.25) is 0 Å². The molecule has 0 saturated carbocycles. The average Bonchev–Trinajstić information content (AvgIpc) is 2.34. The fourth-order valence-corrected chi connectivity index (χ4v) is 1.94. The highest BCUT2D eigenvalue weighted by Crippen LogP contribution is 2.17. The quantitative estimate of drug-likeness (QED) is 0.539. The van der Waals surface area contributed by atoms with Gasteiger partial charge in [0.1, 0.15) is 0 Å². The van der Waals surface area contributed by atoms with Crippen LogP contribution in [0.1, 0.15) is 25.7 Å². The average molecular weight is 239 g/mol. The monoisotopic (exact) mass is 239 g/mol. The molecule has 1 aromatic rings. The van der Waals surface area contributed by atoms with Crippen LogP contribution in [0.5, 0.6) is 0 Å². The lowest BCUT2D eigenvalue weighted by Gasteiger charge is -2.06. The summed E-state index contributed by atoms with van der Waals surface area (Å²) in [5.74, 6) is 0. The maximum absolute atomic E-state index is 8.63. The van der Waals surface area contributed by atoms with E-state index in [0.29, 0.717) is 6.61 Å². The van der Waals surface area contributed by atoms with E-state index in [9.17, 15) is 0 Å². The number of benzene rings is 1. The number of aliphatic hydroxyl groups is 1. The van der Waals surface area contributed by atoms with Gasteiger partial charge in [0.2, 0.25) is 0 Å². The lowest BCUT2D eigenvalue weighted by Crippen LogP contribution is -2.01. The van der Waals surface area contributed by atoms with Crippen molar-refractivity contribution in [2.45, 2.75) is 30.6 Å². The Morgan fingerprint density at radius 2 is 1.75 bits per heavy atom. The third kappa shape index (κ3) is 5.42. The van der Waals surface area contributed by atoms with Gasteiger partial charge in [0.05, 0.1) is 0 Å². The zero-order chi connectivity index (χ0) is 11.6. The van der Waals surface area contributed by atoms with Gasteiger partial charge in [0.15, 0.2) is 0 Å². The van der Waals surface area contributed by atoms with Crippen molar-refractivity contribution in [3.8, 4) is 0 Å². The largest absolute Gasteiger partial charge is 0.396 e. The SMILES string of the molecule is CSc1ccc(NCCCCCCO)cc1. The first-order chi connectivity index (χ1) is 7.86. The predicted molar refractivity (Wildman–Crippen MR) is 72.3 cm³/mol. The van der Waals surface area contributed by atoms with Crippen molar-refractivity contribution >= 4 is 17.4 Å². The first-order valence-electron chi connectivity index (χ1n) is 5.85. The van der Waals surface area contributed by atoms with Gasteiger partial charge in [-0.1, -0.05) is 12.8 Å². The molecule has 1 aromatic carbocycles. The Morgan fingerprint density at radius 3 is 2.38 bits per heavy atom. The van der Waals surface area contributed by atoms with E-state index in [-0.39, 0.29) is 0 Å². The third-order valence-corrected chi connectivity index (χ3v) is 3.25. The minimum Gasteiger partial charge on any atom is -0.396 e. The van der Waals surface area contributed by atoms with E-state index >= 15 is 0 Å². The summed E-state index contributed by atoms with van der Waals surface area (Å²) >= 11 is 1.76. The number of thioether (sulfide) groups is 1. The number of hydrogen-bond acceptors (Lipinski definition) is 3. The molecule has 0 radical (unpaired) electrons. The summed E-state index contributed by atoms with van der Waals surface area (Å²) in [7, 11) is 0. The molecule has 0 spiro atoms. The normalized spacial score (nSPS) is 10.4. The summed E-state index contributed by atoms with van der Waals surface area (Å²) in [6.07, 6.45) is 6.51. The van der Waals surface area contributed by atoms with E-state index in [0.717, 1.165) is 19.4 Å². The smallest absolute Gasteiger partial charge is 0.0431 e. The van der Waals surface area contributed by atoms with Gasteiger partial charge in [0.25, 0.3) is 0 Å². The molecule has 0 aliphatic heterocycles. The molecule has 1 rings (SSSR count). The topological polar surface area (TPSA) is 32.3 Å². The lowest BCUT2D eigenvalue weighted by molar-refractivity contribution is 0.283. The van der Waals surface area contributed by atoms with E-state index in [4.69, 9.17) is 5.11 Å². The number of hydrogen-bond donors (Lipinski definition) is 2. The molecule has 0 aromatic heterocycles. The van der Waals surface area contributed by atoms with Gasteiger partial charge >= 0.3 is 0 Å². The molecule has 0 bridgehead atoms. The first-order valence-corrected chi connectivity index (χ1v) is 7.08. The van der Waals surface area contributed by atoms with Crippen molar-refractivity contribution in [1.82, 2.24) is 0 Å². The zero-order valence-electron chi connectivity index (χ0n) is 9.91. The number of nitrogens with one attached hydrogen (secondary N) is 1. The molecular formula is C13H21NOS. The molecule has 0 heterocycles. The maximum atomic E-state index is 8.63. The van der Waals surface area contributed by atoms with Crippen LogP contribution in [0.15, 0.2) is 29.2 Å². The van der Waals surface area contributed by atoms with Gasteiger partial charge in [-0.15, -0.1) is 11.8 Å². The van der Waals surface area contributed by atoms with Crippen LogP contribution < -0.4 is 5.32 Å². The third-order valence-electron chi connectivity index (χ3n) is 2.50. The lowest BCUT2D eigenvalue weighted by atomic mass is 10.2. The van der Waals surface area contributed by atoms with Crippen LogP contribution in [0.25, 0.3) is 0 Å². The zero-order valence-corrected chi connectivity index (χ0v) is 10.7. The van der Waals surface area contributed by atoms with Crippen molar-refractivity contribution < 1.29 is 5.11 Å². The summed E-state index contributed by atoms with van der Waals surface area (Å²) in [4.78, 5) is 1.30. The minimum absolute atomic E-state index is 0.323. The molecule has 90 valence electrons. The summed E-state index contributed by atoms with van der Waals surface area (Å²) in [5.41, 5.74) is 1.19. The van der Waals surface area contributed by atoms with Gasteiger partial charge < -0.3 is 10.4 Å². The van der Waals surface area contributed by atoms with Crippen molar-refractivity contribution in [2.24, 2.45) is 0 Å². The molecule has 16 heavy (non-hydrogen) atoms. The highest BCUT2D eigenvalue weighted by Gasteiger charge is 1.93. The Labute approximate surface area is 102 Å². The minimum atomic E-state index is 0.323. The van der Waals surface area contributed by atoms with Gasteiger partial charge in [-0.2, -0.15) is 0 Å². The van der Waals surface area contributed by atoms with Crippen molar-refractivity contribution in [1.29, 1.82) is 0 Å². The Kier molecular flexibility index (Phi) is 7.10. The van der Waals surface area contributed by atoms with Gasteiger partial charge in [-0.25, -0.2) is 0 Å². The van der Waals surface area contributed by atoms with Crippen LogP contribution in [-0.2, 0) is 0 Å². The summed E-state index contributed by atoms with van der Waals surface area (Å²) < 4.78 is 0.